The molecule has 7 heteroatoms. The van der Waals surface area contributed by atoms with Crippen molar-refractivity contribution in [2.45, 2.75) is 25.6 Å². The molecule has 2 N–H and O–H groups in total. The molecule has 3 rings (SSSR count). The molecule has 1 amide bonds. The maximum absolute atomic E-state index is 12.5. The normalized spacial score (nSPS) is 22.3. The number of para-hydroxylation sites is 1. The van der Waals surface area contributed by atoms with Crippen LogP contribution < -0.4 is 11.3 Å². The molecular weight excluding hydrogens is 296 g/mol. The zero-order chi connectivity index (χ0) is 16.6. The van der Waals surface area contributed by atoms with Gasteiger partial charge in [0.15, 0.2) is 0 Å². The van der Waals surface area contributed by atoms with E-state index in [-0.39, 0.29) is 11.7 Å². The van der Waals surface area contributed by atoms with Crippen LogP contribution in [0.5, 0.6) is 0 Å². The molecule has 1 aromatic carbocycles. The largest absolute Gasteiger partial charge is 0.375 e. The van der Waals surface area contributed by atoms with E-state index in [4.69, 9.17) is 10.5 Å². The Balaban J connectivity index is 1.99. The number of hydrogen-bond donors (Lipinski definition) is 1. The predicted octanol–water partition coefficient (Wildman–Crippen LogP) is 0.00810. The molecule has 1 aliphatic heterocycles. The highest BCUT2D eigenvalue weighted by Gasteiger charge is 2.34. The zero-order valence-electron chi connectivity index (χ0n) is 13.2. The number of hydrogen-bond acceptors (Lipinski definition) is 5. The fourth-order valence-electron chi connectivity index (χ4n) is 3.06. The summed E-state index contributed by atoms with van der Waals surface area (Å²) in [7, 11) is 1.69. The number of carbonyl (C=O) groups excluding carboxylic acids is 1. The van der Waals surface area contributed by atoms with E-state index in [2.05, 4.69) is 4.98 Å². The number of amides is 1. The van der Waals surface area contributed by atoms with Crippen LogP contribution in [0.1, 0.15) is 12.7 Å². The van der Waals surface area contributed by atoms with Crippen molar-refractivity contribution < 1.29 is 9.53 Å². The summed E-state index contributed by atoms with van der Waals surface area (Å²) in [6.45, 7) is 3.29. The molecule has 1 saturated heterocycles. The Hall–Kier alpha value is -2.25. The molecule has 0 radical (unpaired) electrons. The van der Waals surface area contributed by atoms with Crippen LogP contribution in [0.3, 0.4) is 0 Å². The molecule has 1 fully saturated rings. The van der Waals surface area contributed by atoms with E-state index >= 15 is 0 Å². The minimum atomic E-state index is -0.521. The van der Waals surface area contributed by atoms with E-state index in [1.807, 2.05) is 30.0 Å². The Morgan fingerprint density at radius 2 is 2.17 bits per heavy atom. The van der Waals surface area contributed by atoms with E-state index in [9.17, 15) is 9.59 Å². The van der Waals surface area contributed by atoms with Crippen molar-refractivity contribution in [1.82, 2.24) is 14.5 Å². The fourth-order valence-corrected chi connectivity index (χ4v) is 3.06. The number of fused-ring (bicyclic) bond motifs is 1. The van der Waals surface area contributed by atoms with Crippen LogP contribution >= 0.6 is 0 Å². The molecule has 7 nitrogen and oxygen atoms in total. The Morgan fingerprint density at radius 1 is 1.43 bits per heavy atom. The van der Waals surface area contributed by atoms with E-state index in [0.29, 0.717) is 36.4 Å². The monoisotopic (exact) mass is 316 g/mol. The average molecular weight is 316 g/mol. The third-order valence-electron chi connectivity index (χ3n) is 4.31. The molecule has 23 heavy (non-hydrogen) atoms. The molecule has 0 bridgehead atoms. The van der Waals surface area contributed by atoms with Crippen LogP contribution in [-0.4, -0.2) is 45.7 Å². The lowest BCUT2D eigenvalue weighted by Crippen LogP contribution is -2.56. The molecule has 1 aromatic heterocycles. The van der Waals surface area contributed by atoms with Crippen molar-refractivity contribution in [2.24, 2.45) is 12.8 Å². The van der Waals surface area contributed by atoms with Gasteiger partial charge in [0.05, 0.1) is 30.2 Å². The topological polar surface area (TPSA) is 90.4 Å². The van der Waals surface area contributed by atoms with Crippen molar-refractivity contribution in [1.29, 1.82) is 0 Å². The second kappa shape index (κ2) is 6.10. The lowest BCUT2D eigenvalue weighted by Gasteiger charge is -2.37. The number of morpholine rings is 1. The highest BCUT2D eigenvalue weighted by atomic mass is 16.5. The summed E-state index contributed by atoms with van der Waals surface area (Å²) in [5.74, 6) is 0.178. The number of aromatic nitrogens is 2. The molecule has 2 aromatic rings. The van der Waals surface area contributed by atoms with Gasteiger partial charge in [0, 0.05) is 13.6 Å². The van der Waals surface area contributed by atoms with Gasteiger partial charge in [0.2, 0.25) is 5.91 Å². The van der Waals surface area contributed by atoms with Crippen molar-refractivity contribution in [3.63, 3.8) is 0 Å². The molecule has 122 valence electrons. The minimum absolute atomic E-state index is 0.0949. The highest BCUT2D eigenvalue weighted by Crippen LogP contribution is 2.17. The molecule has 2 atom stereocenters. The second-order valence-corrected chi connectivity index (χ2v) is 5.80. The summed E-state index contributed by atoms with van der Waals surface area (Å²) >= 11 is 0. The number of nitrogens with zero attached hydrogens (tertiary/aromatic N) is 3. The summed E-state index contributed by atoms with van der Waals surface area (Å²) in [5.41, 5.74) is 6.07. The summed E-state index contributed by atoms with van der Waals surface area (Å²) in [4.78, 5) is 30.7. The van der Waals surface area contributed by atoms with Crippen LogP contribution in [-0.2, 0) is 23.1 Å². The number of primary amides is 1. The number of ether oxygens (including phenoxy) is 1. The Labute approximate surface area is 133 Å². The van der Waals surface area contributed by atoms with E-state index in [0.717, 1.165) is 0 Å². The van der Waals surface area contributed by atoms with Gasteiger partial charge in [-0.15, -0.1) is 0 Å². The van der Waals surface area contributed by atoms with Gasteiger partial charge in [-0.1, -0.05) is 12.1 Å². The van der Waals surface area contributed by atoms with E-state index in [1.54, 1.807) is 13.1 Å². The van der Waals surface area contributed by atoms with E-state index in [1.165, 1.54) is 4.57 Å². The first-order chi connectivity index (χ1) is 11.0. The molecule has 0 spiro atoms. The van der Waals surface area contributed by atoms with Gasteiger partial charge in [-0.25, -0.2) is 4.98 Å². The third-order valence-corrected chi connectivity index (χ3v) is 4.31. The van der Waals surface area contributed by atoms with Gasteiger partial charge in [0.1, 0.15) is 11.9 Å². The van der Waals surface area contributed by atoms with Gasteiger partial charge < -0.3 is 10.5 Å². The van der Waals surface area contributed by atoms with Crippen LogP contribution in [0.15, 0.2) is 29.1 Å². The molecule has 1 aliphatic rings. The Bertz CT molecular complexity index is 802. The quantitative estimate of drug-likeness (QED) is 0.861. The highest BCUT2D eigenvalue weighted by molar-refractivity contribution is 5.80. The van der Waals surface area contributed by atoms with Gasteiger partial charge in [-0.2, -0.15) is 0 Å². The van der Waals surface area contributed by atoms with Crippen molar-refractivity contribution in [3.8, 4) is 0 Å². The van der Waals surface area contributed by atoms with Gasteiger partial charge >= 0.3 is 0 Å². The SMILES string of the molecule is C[C@H]1OCCN(Cc2nc3ccccc3c(=O)n2C)[C@@H]1C(N)=O. The van der Waals surface area contributed by atoms with Crippen molar-refractivity contribution in [3.05, 3.63) is 40.4 Å². The lowest BCUT2D eigenvalue weighted by molar-refractivity contribution is -0.136. The van der Waals surface area contributed by atoms with Crippen LogP contribution in [0, 0.1) is 0 Å². The minimum Gasteiger partial charge on any atom is -0.375 e. The summed E-state index contributed by atoms with van der Waals surface area (Å²) in [6.07, 6.45) is -0.279. The maximum atomic E-state index is 12.5. The second-order valence-electron chi connectivity index (χ2n) is 5.80. The summed E-state index contributed by atoms with van der Waals surface area (Å²) < 4.78 is 7.04. The first kappa shape index (κ1) is 15.6. The van der Waals surface area contributed by atoms with E-state index < -0.39 is 11.9 Å². The lowest BCUT2D eigenvalue weighted by atomic mass is 10.1. The maximum Gasteiger partial charge on any atom is 0.261 e. The summed E-state index contributed by atoms with van der Waals surface area (Å²) in [5, 5.41) is 0.584. The smallest absolute Gasteiger partial charge is 0.261 e. The van der Waals surface area contributed by atoms with Gasteiger partial charge in [-0.3, -0.25) is 19.1 Å². The van der Waals surface area contributed by atoms with Crippen LogP contribution in [0.25, 0.3) is 10.9 Å². The number of carbonyl (C=O) groups is 1. The van der Waals surface area contributed by atoms with Gasteiger partial charge in [-0.05, 0) is 19.1 Å². The van der Waals surface area contributed by atoms with Crippen LogP contribution in [0.4, 0.5) is 0 Å². The molecule has 0 saturated carbocycles. The predicted molar refractivity (Wildman–Crippen MR) is 85.8 cm³/mol. The van der Waals surface area contributed by atoms with Crippen molar-refractivity contribution >= 4 is 16.8 Å². The molecule has 0 unspecified atom stereocenters. The first-order valence-corrected chi connectivity index (χ1v) is 7.58. The number of rotatable bonds is 3. The zero-order valence-corrected chi connectivity index (χ0v) is 13.2. The number of nitrogens with two attached hydrogens (primary N) is 1. The third kappa shape index (κ3) is 2.85. The fraction of sp³-hybridized carbons (Fsp3) is 0.438. The molecule has 2 heterocycles. The molecule has 0 aliphatic carbocycles. The standard InChI is InChI=1S/C16H20N4O3/c1-10-14(15(17)21)20(7-8-23-10)9-13-18-12-6-4-3-5-11(12)16(22)19(13)2/h3-6,10,14H,7-9H2,1-2H3,(H2,17,21)/t10-,14+/m1/s1. The summed E-state index contributed by atoms with van der Waals surface area (Å²) in [6, 6.07) is 6.72. The number of benzene rings is 1. The Kier molecular flexibility index (Phi) is 4.14. The Morgan fingerprint density at radius 3 is 2.91 bits per heavy atom. The molecular formula is C16H20N4O3. The average Bonchev–Trinajstić information content (AvgIpc) is 2.52. The van der Waals surface area contributed by atoms with Crippen molar-refractivity contribution in [2.75, 3.05) is 13.2 Å². The van der Waals surface area contributed by atoms with Crippen LogP contribution in [0.2, 0.25) is 0 Å². The first-order valence-electron chi connectivity index (χ1n) is 7.58. The van der Waals surface area contributed by atoms with Gasteiger partial charge in [0.25, 0.3) is 5.56 Å².